The van der Waals surface area contributed by atoms with Gasteiger partial charge in [0.05, 0.1) is 0 Å². The molecule has 0 aromatic carbocycles. The summed E-state index contributed by atoms with van der Waals surface area (Å²) in [5, 5.41) is 0. The van der Waals surface area contributed by atoms with Gasteiger partial charge in [-0.05, 0) is 13.8 Å². The van der Waals surface area contributed by atoms with Crippen molar-refractivity contribution in [1.82, 2.24) is 15.2 Å². The molecule has 0 atom stereocenters. The minimum Gasteiger partial charge on any atom is -0.298 e. The zero-order valence-electron chi connectivity index (χ0n) is 7.38. The molecule has 1 heterocycles. The lowest BCUT2D eigenvalue weighted by Crippen LogP contribution is -2.36. The van der Waals surface area contributed by atoms with Crippen LogP contribution in [0.2, 0.25) is 0 Å². The molecule has 0 aliphatic carbocycles. The van der Waals surface area contributed by atoms with Gasteiger partial charge in [0.1, 0.15) is 0 Å². The van der Waals surface area contributed by atoms with Crippen LogP contribution in [0.25, 0.3) is 0 Å². The molecule has 0 aromatic rings. The average molecular weight is 153 g/mol. The minimum atomic E-state index is 0.628. The zero-order chi connectivity index (χ0) is 8.27. The molecule has 2 radical (unpaired) electrons. The minimum absolute atomic E-state index is 0.628. The lowest BCUT2D eigenvalue weighted by atomic mass is 10.3. The van der Waals surface area contributed by atoms with E-state index in [1.807, 2.05) is 0 Å². The third-order valence-electron chi connectivity index (χ3n) is 2.07. The fraction of sp³-hybridized carbons (Fsp3) is 1.00. The third kappa shape index (κ3) is 2.81. The summed E-state index contributed by atoms with van der Waals surface area (Å²) in [6.07, 6.45) is 0. The summed E-state index contributed by atoms with van der Waals surface area (Å²) in [6.45, 7) is 8.43. The van der Waals surface area contributed by atoms with Gasteiger partial charge in [0, 0.05) is 32.2 Å². The van der Waals surface area contributed by atoms with E-state index in [1.165, 1.54) is 0 Å². The highest BCUT2D eigenvalue weighted by atomic mass is 15.5. The number of hydrogen-bond donors (Lipinski definition) is 1. The van der Waals surface area contributed by atoms with Crippen LogP contribution in [-0.2, 0) is 0 Å². The van der Waals surface area contributed by atoms with Crippen LogP contribution >= 0.6 is 0 Å². The first kappa shape index (κ1) is 9.04. The SMILES string of the molecule is [B]N1CCN(C(C)C)CCN1. The molecule has 0 unspecified atom stereocenters. The summed E-state index contributed by atoms with van der Waals surface area (Å²) in [5.41, 5.74) is 3.10. The number of hydrazine groups is 1. The van der Waals surface area contributed by atoms with Crippen LogP contribution in [0.1, 0.15) is 13.8 Å². The van der Waals surface area contributed by atoms with E-state index in [0.717, 1.165) is 26.2 Å². The standard InChI is InChI=1S/C7H16BN3/c1-7(2)10-4-3-9-11(8)6-5-10/h7,9H,3-6H2,1-2H3. The van der Waals surface area contributed by atoms with Crippen molar-refractivity contribution in [2.75, 3.05) is 26.2 Å². The van der Waals surface area contributed by atoms with Gasteiger partial charge in [0.2, 0.25) is 7.98 Å². The van der Waals surface area contributed by atoms with Crippen molar-refractivity contribution in [3.63, 3.8) is 0 Å². The Bertz CT molecular complexity index is 118. The predicted molar refractivity (Wildman–Crippen MR) is 47.2 cm³/mol. The van der Waals surface area contributed by atoms with E-state index in [-0.39, 0.29) is 0 Å². The van der Waals surface area contributed by atoms with Crippen molar-refractivity contribution in [1.29, 1.82) is 0 Å². The molecule has 1 N–H and O–H groups in total. The van der Waals surface area contributed by atoms with Gasteiger partial charge < -0.3 is 0 Å². The van der Waals surface area contributed by atoms with E-state index < -0.39 is 0 Å². The third-order valence-corrected chi connectivity index (χ3v) is 2.07. The molecule has 1 aliphatic rings. The molecule has 1 fully saturated rings. The molecule has 0 saturated carbocycles. The summed E-state index contributed by atoms with van der Waals surface area (Å²) in [6, 6.07) is 0.628. The highest BCUT2D eigenvalue weighted by Gasteiger charge is 2.12. The molecule has 62 valence electrons. The van der Waals surface area contributed by atoms with E-state index in [2.05, 4.69) is 24.2 Å². The molecule has 4 heteroatoms. The number of nitrogens with zero attached hydrogens (tertiary/aromatic N) is 2. The van der Waals surface area contributed by atoms with Crippen molar-refractivity contribution in [3.8, 4) is 0 Å². The highest BCUT2D eigenvalue weighted by Crippen LogP contribution is 1.98. The van der Waals surface area contributed by atoms with Gasteiger partial charge in [0.25, 0.3) is 0 Å². The lowest BCUT2D eigenvalue weighted by Gasteiger charge is -2.23. The fourth-order valence-corrected chi connectivity index (χ4v) is 1.28. The van der Waals surface area contributed by atoms with Crippen LogP contribution in [-0.4, -0.2) is 50.0 Å². The lowest BCUT2D eigenvalue weighted by molar-refractivity contribution is 0.238. The Morgan fingerprint density at radius 1 is 1.27 bits per heavy atom. The largest absolute Gasteiger partial charge is 0.298 e. The van der Waals surface area contributed by atoms with Crippen LogP contribution in [0.4, 0.5) is 0 Å². The van der Waals surface area contributed by atoms with Crippen molar-refractivity contribution >= 4 is 7.98 Å². The Morgan fingerprint density at radius 2 is 2.00 bits per heavy atom. The topological polar surface area (TPSA) is 18.5 Å². The maximum Gasteiger partial charge on any atom is 0.206 e. The molecule has 0 bridgehead atoms. The van der Waals surface area contributed by atoms with Crippen LogP contribution in [0.5, 0.6) is 0 Å². The first-order valence-electron chi connectivity index (χ1n) is 4.20. The molecule has 1 rings (SSSR count). The number of rotatable bonds is 1. The van der Waals surface area contributed by atoms with E-state index in [1.54, 1.807) is 4.92 Å². The predicted octanol–water partition coefficient (Wildman–Crippen LogP) is -0.399. The summed E-state index contributed by atoms with van der Waals surface area (Å²) in [4.78, 5) is 4.09. The Labute approximate surface area is 70.1 Å². The van der Waals surface area contributed by atoms with Gasteiger partial charge in [-0.15, -0.1) is 0 Å². The van der Waals surface area contributed by atoms with Crippen molar-refractivity contribution < 1.29 is 0 Å². The Hall–Kier alpha value is -0.0551. The van der Waals surface area contributed by atoms with Crippen molar-refractivity contribution in [2.45, 2.75) is 19.9 Å². The van der Waals surface area contributed by atoms with Crippen LogP contribution in [0, 0.1) is 0 Å². The van der Waals surface area contributed by atoms with Crippen LogP contribution in [0.15, 0.2) is 0 Å². The molecular weight excluding hydrogens is 137 g/mol. The van der Waals surface area contributed by atoms with Gasteiger partial charge in [-0.1, -0.05) is 0 Å². The van der Waals surface area contributed by atoms with E-state index in [9.17, 15) is 0 Å². The molecule has 3 nitrogen and oxygen atoms in total. The second-order valence-corrected chi connectivity index (χ2v) is 3.23. The first-order valence-corrected chi connectivity index (χ1v) is 4.20. The maximum absolute atomic E-state index is 5.59. The van der Waals surface area contributed by atoms with Gasteiger partial charge in [-0.3, -0.25) is 15.2 Å². The summed E-state index contributed by atoms with van der Waals surface area (Å²) < 4.78 is 0. The van der Waals surface area contributed by atoms with Crippen molar-refractivity contribution in [3.05, 3.63) is 0 Å². The highest BCUT2D eigenvalue weighted by molar-refractivity contribution is 6.03. The van der Waals surface area contributed by atoms with Gasteiger partial charge in [0.15, 0.2) is 0 Å². The summed E-state index contributed by atoms with van der Waals surface area (Å²) in [5.74, 6) is 0. The smallest absolute Gasteiger partial charge is 0.206 e. The summed E-state index contributed by atoms with van der Waals surface area (Å²) >= 11 is 0. The van der Waals surface area contributed by atoms with E-state index in [0.29, 0.717) is 6.04 Å². The van der Waals surface area contributed by atoms with Crippen LogP contribution < -0.4 is 5.43 Å². The van der Waals surface area contributed by atoms with E-state index in [4.69, 9.17) is 7.98 Å². The molecule has 1 saturated heterocycles. The molecule has 11 heavy (non-hydrogen) atoms. The number of nitrogens with one attached hydrogen (secondary N) is 1. The second kappa shape index (κ2) is 4.09. The van der Waals surface area contributed by atoms with Crippen LogP contribution in [0.3, 0.4) is 0 Å². The van der Waals surface area contributed by atoms with Gasteiger partial charge in [-0.2, -0.15) is 0 Å². The molecule has 1 aliphatic heterocycles. The molecular formula is C7H16BN3. The average Bonchev–Trinajstić information content (AvgIpc) is 2.13. The van der Waals surface area contributed by atoms with E-state index >= 15 is 0 Å². The first-order chi connectivity index (χ1) is 5.20. The maximum atomic E-state index is 5.59. The quantitative estimate of drug-likeness (QED) is 0.517. The van der Waals surface area contributed by atoms with Gasteiger partial charge in [-0.25, -0.2) is 0 Å². The Balaban J connectivity index is 2.34. The molecule has 0 amide bonds. The Kier molecular flexibility index (Phi) is 3.36. The van der Waals surface area contributed by atoms with Gasteiger partial charge >= 0.3 is 0 Å². The van der Waals surface area contributed by atoms with Crippen molar-refractivity contribution in [2.24, 2.45) is 0 Å². The zero-order valence-corrected chi connectivity index (χ0v) is 7.38. The fourth-order valence-electron chi connectivity index (χ4n) is 1.28. The molecule has 0 aromatic heterocycles. The summed E-state index contributed by atoms with van der Waals surface area (Å²) in [7, 11) is 5.59. The molecule has 0 spiro atoms. The Morgan fingerprint density at radius 3 is 2.64 bits per heavy atom. The monoisotopic (exact) mass is 153 g/mol. The second-order valence-electron chi connectivity index (χ2n) is 3.23. The number of hydrogen-bond acceptors (Lipinski definition) is 3. The normalized spacial score (nSPS) is 23.9.